The van der Waals surface area contributed by atoms with Crippen LogP contribution < -0.4 is 11.1 Å². The number of carboxylic acid groups (broad SMARTS) is 1. The van der Waals surface area contributed by atoms with Crippen molar-refractivity contribution in [3.8, 4) is 0 Å². The van der Waals surface area contributed by atoms with Crippen LogP contribution >= 0.6 is 15.9 Å². The van der Waals surface area contributed by atoms with E-state index in [-0.39, 0.29) is 12.5 Å². The highest BCUT2D eigenvalue weighted by Crippen LogP contribution is 2.37. The second-order valence-electron chi connectivity index (χ2n) is 5.25. The number of amides is 1. The zero-order chi connectivity index (χ0) is 14.8. The smallest absolute Gasteiger partial charge is 0.311 e. The van der Waals surface area contributed by atoms with Gasteiger partial charge in [-0.2, -0.15) is 0 Å². The number of benzene rings is 1. The van der Waals surface area contributed by atoms with Crippen molar-refractivity contribution in [2.45, 2.75) is 25.7 Å². The van der Waals surface area contributed by atoms with Gasteiger partial charge in [0, 0.05) is 22.3 Å². The molecule has 0 bridgehead atoms. The summed E-state index contributed by atoms with van der Waals surface area (Å²) in [5.74, 6) is -1.13. The van der Waals surface area contributed by atoms with Crippen LogP contribution in [0.5, 0.6) is 0 Å². The first-order valence-electron chi connectivity index (χ1n) is 6.51. The van der Waals surface area contributed by atoms with Gasteiger partial charge in [-0.3, -0.25) is 9.59 Å². The van der Waals surface area contributed by atoms with E-state index < -0.39 is 11.4 Å². The van der Waals surface area contributed by atoms with Gasteiger partial charge in [0.25, 0.3) is 5.91 Å². The van der Waals surface area contributed by atoms with Crippen molar-refractivity contribution >= 4 is 33.5 Å². The molecule has 6 heteroatoms. The van der Waals surface area contributed by atoms with E-state index in [1.807, 2.05) is 0 Å². The lowest BCUT2D eigenvalue weighted by Crippen LogP contribution is -2.41. The Kier molecular flexibility index (Phi) is 4.32. The normalized spacial score (nSPS) is 16.9. The lowest BCUT2D eigenvalue weighted by atomic mass is 9.86. The van der Waals surface area contributed by atoms with Gasteiger partial charge >= 0.3 is 5.97 Å². The van der Waals surface area contributed by atoms with Crippen molar-refractivity contribution in [2.75, 3.05) is 12.3 Å². The monoisotopic (exact) mass is 340 g/mol. The van der Waals surface area contributed by atoms with Gasteiger partial charge in [-0.05, 0) is 31.0 Å². The van der Waals surface area contributed by atoms with Crippen LogP contribution in [0.1, 0.15) is 36.0 Å². The quantitative estimate of drug-likeness (QED) is 0.734. The van der Waals surface area contributed by atoms with E-state index in [1.54, 1.807) is 18.2 Å². The van der Waals surface area contributed by atoms with Crippen LogP contribution in [-0.2, 0) is 4.79 Å². The van der Waals surface area contributed by atoms with E-state index in [4.69, 9.17) is 5.73 Å². The third-order valence-electron chi connectivity index (χ3n) is 3.78. The van der Waals surface area contributed by atoms with E-state index in [1.165, 1.54) is 0 Å². The first-order chi connectivity index (χ1) is 9.43. The summed E-state index contributed by atoms with van der Waals surface area (Å²) in [7, 11) is 0. The molecule has 1 fully saturated rings. The number of rotatable bonds is 4. The molecule has 1 aromatic carbocycles. The number of carboxylic acids is 1. The molecule has 0 radical (unpaired) electrons. The molecule has 20 heavy (non-hydrogen) atoms. The fourth-order valence-electron chi connectivity index (χ4n) is 2.61. The van der Waals surface area contributed by atoms with E-state index in [2.05, 4.69) is 21.2 Å². The number of carbonyl (C=O) groups is 2. The maximum Gasteiger partial charge on any atom is 0.311 e. The second-order valence-corrected chi connectivity index (χ2v) is 6.16. The van der Waals surface area contributed by atoms with Crippen LogP contribution in [0.3, 0.4) is 0 Å². The van der Waals surface area contributed by atoms with Gasteiger partial charge in [-0.25, -0.2) is 0 Å². The van der Waals surface area contributed by atoms with Crippen LogP contribution in [0.2, 0.25) is 0 Å². The molecular weight excluding hydrogens is 324 g/mol. The Balaban J connectivity index is 2.06. The lowest BCUT2D eigenvalue weighted by Gasteiger charge is -2.24. The molecular formula is C14H17BrN2O3. The summed E-state index contributed by atoms with van der Waals surface area (Å²) < 4.78 is 0.719. The number of carbonyl (C=O) groups excluding carboxylic acids is 1. The molecule has 1 aliphatic carbocycles. The number of nitrogens with two attached hydrogens (primary N) is 1. The molecule has 1 aliphatic rings. The number of hydrogen-bond acceptors (Lipinski definition) is 3. The Morgan fingerprint density at radius 3 is 2.50 bits per heavy atom. The predicted octanol–water partition coefficient (Wildman–Crippen LogP) is 2.41. The summed E-state index contributed by atoms with van der Waals surface area (Å²) in [5, 5.41) is 12.1. The minimum atomic E-state index is -0.830. The molecule has 5 nitrogen and oxygen atoms in total. The summed E-state index contributed by atoms with van der Waals surface area (Å²) >= 11 is 3.28. The van der Waals surface area contributed by atoms with Gasteiger partial charge in [0.15, 0.2) is 0 Å². The van der Waals surface area contributed by atoms with Gasteiger partial charge < -0.3 is 16.2 Å². The van der Waals surface area contributed by atoms with Gasteiger partial charge in [0.2, 0.25) is 0 Å². The second kappa shape index (κ2) is 5.83. The summed E-state index contributed by atoms with van der Waals surface area (Å²) in [6, 6.07) is 4.93. The van der Waals surface area contributed by atoms with Gasteiger partial charge in [0.05, 0.1) is 5.41 Å². The predicted molar refractivity (Wildman–Crippen MR) is 79.4 cm³/mol. The maximum absolute atomic E-state index is 12.1. The van der Waals surface area contributed by atoms with Gasteiger partial charge in [-0.15, -0.1) is 0 Å². The minimum Gasteiger partial charge on any atom is -0.481 e. The largest absolute Gasteiger partial charge is 0.481 e. The number of nitrogens with one attached hydrogen (secondary N) is 1. The van der Waals surface area contributed by atoms with Crippen LogP contribution in [0.4, 0.5) is 5.69 Å². The maximum atomic E-state index is 12.1. The minimum absolute atomic E-state index is 0.160. The van der Waals surface area contributed by atoms with E-state index in [0.717, 1.165) is 17.3 Å². The number of halogens is 1. The molecule has 0 aliphatic heterocycles. The summed E-state index contributed by atoms with van der Waals surface area (Å²) in [6.45, 7) is 0.160. The molecule has 1 aromatic rings. The molecule has 2 rings (SSSR count). The fraction of sp³-hybridized carbons (Fsp3) is 0.429. The Morgan fingerprint density at radius 2 is 1.95 bits per heavy atom. The zero-order valence-corrected chi connectivity index (χ0v) is 12.6. The average Bonchev–Trinajstić information content (AvgIpc) is 2.84. The van der Waals surface area contributed by atoms with Gasteiger partial charge in [0.1, 0.15) is 0 Å². The van der Waals surface area contributed by atoms with Crippen LogP contribution in [0, 0.1) is 5.41 Å². The zero-order valence-electron chi connectivity index (χ0n) is 11.0. The number of nitrogen functional groups attached to an aromatic ring is 1. The van der Waals surface area contributed by atoms with E-state index >= 15 is 0 Å². The van der Waals surface area contributed by atoms with Crippen LogP contribution in [-0.4, -0.2) is 23.5 Å². The molecule has 0 heterocycles. The van der Waals surface area contributed by atoms with Crippen molar-refractivity contribution in [1.29, 1.82) is 0 Å². The Labute approximate surface area is 125 Å². The lowest BCUT2D eigenvalue weighted by molar-refractivity contribution is -0.148. The SMILES string of the molecule is Nc1cc(Br)cc(C(=O)NCC2(C(=O)O)CCCC2)c1. The first-order valence-corrected chi connectivity index (χ1v) is 7.30. The van der Waals surface area contributed by atoms with Crippen molar-refractivity contribution in [3.63, 3.8) is 0 Å². The standard InChI is InChI=1S/C14H17BrN2O3/c15-10-5-9(6-11(16)7-10)12(18)17-8-14(13(19)20)3-1-2-4-14/h5-7H,1-4,8,16H2,(H,17,18)(H,19,20). The van der Waals surface area contributed by atoms with E-state index in [0.29, 0.717) is 24.1 Å². The van der Waals surface area contributed by atoms with E-state index in [9.17, 15) is 14.7 Å². The molecule has 108 valence electrons. The Bertz CT molecular complexity index is 519. The Hall–Kier alpha value is -1.56. The molecule has 4 N–H and O–H groups in total. The highest BCUT2D eigenvalue weighted by atomic mass is 79.9. The number of anilines is 1. The molecule has 0 saturated heterocycles. The van der Waals surface area contributed by atoms with Crippen molar-refractivity contribution in [1.82, 2.24) is 5.32 Å². The highest BCUT2D eigenvalue weighted by molar-refractivity contribution is 9.10. The average molecular weight is 341 g/mol. The van der Waals surface area contributed by atoms with Crippen LogP contribution in [0.25, 0.3) is 0 Å². The molecule has 0 aromatic heterocycles. The topological polar surface area (TPSA) is 92.4 Å². The number of aliphatic carboxylic acids is 1. The number of hydrogen-bond donors (Lipinski definition) is 3. The summed E-state index contributed by atoms with van der Waals surface area (Å²) in [5.41, 5.74) is 5.78. The van der Waals surface area contributed by atoms with Crippen molar-refractivity contribution in [2.24, 2.45) is 5.41 Å². The van der Waals surface area contributed by atoms with Crippen molar-refractivity contribution in [3.05, 3.63) is 28.2 Å². The third kappa shape index (κ3) is 3.12. The first kappa shape index (κ1) is 14.8. The molecule has 1 saturated carbocycles. The molecule has 0 atom stereocenters. The van der Waals surface area contributed by atoms with Crippen LogP contribution in [0.15, 0.2) is 22.7 Å². The summed E-state index contributed by atoms with van der Waals surface area (Å²) in [6.07, 6.45) is 3.02. The highest BCUT2D eigenvalue weighted by Gasteiger charge is 2.41. The Morgan fingerprint density at radius 1 is 1.30 bits per heavy atom. The molecule has 1 amide bonds. The van der Waals surface area contributed by atoms with Crippen molar-refractivity contribution < 1.29 is 14.7 Å². The molecule has 0 spiro atoms. The van der Waals surface area contributed by atoms with Gasteiger partial charge in [-0.1, -0.05) is 28.8 Å². The third-order valence-corrected chi connectivity index (χ3v) is 4.24. The molecule has 0 unspecified atom stereocenters. The fourth-order valence-corrected chi connectivity index (χ4v) is 3.12. The summed E-state index contributed by atoms with van der Waals surface area (Å²) in [4.78, 5) is 23.5.